The first-order valence-electron chi connectivity index (χ1n) is 5.19. The Bertz CT molecular complexity index is 623. The van der Waals surface area contributed by atoms with Crippen molar-refractivity contribution < 1.29 is 14.0 Å². The van der Waals surface area contributed by atoms with Gasteiger partial charge in [0.15, 0.2) is 5.78 Å². The lowest BCUT2D eigenvalue weighted by Gasteiger charge is -2.05. The Balaban J connectivity index is 2.54. The number of benzene rings is 2. The molecule has 0 saturated carbocycles. The van der Waals surface area contributed by atoms with E-state index in [1.165, 1.54) is 30.3 Å². The molecule has 0 aliphatic rings. The molecule has 0 unspecified atom stereocenters. The van der Waals surface area contributed by atoms with Crippen molar-refractivity contribution in [3.8, 4) is 0 Å². The summed E-state index contributed by atoms with van der Waals surface area (Å²) in [5.41, 5.74) is 0.0953. The second kappa shape index (κ2) is 5.10. The second-order valence-electron chi connectivity index (χ2n) is 3.63. The molecule has 4 heteroatoms. The van der Waals surface area contributed by atoms with E-state index in [1.807, 2.05) is 0 Å². The van der Waals surface area contributed by atoms with Crippen molar-refractivity contribution >= 4 is 22.6 Å². The number of carbonyl (C=O) groups excluding carboxylic acids is 2. The van der Waals surface area contributed by atoms with Gasteiger partial charge in [-0.3, -0.25) is 9.59 Å². The highest BCUT2D eigenvalue weighted by Crippen LogP contribution is 2.18. The van der Waals surface area contributed by atoms with Crippen molar-refractivity contribution in [1.29, 1.82) is 0 Å². The second-order valence-corrected chi connectivity index (χ2v) is 3.97. The molecule has 0 fully saturated rings. The summed E-state index contributed by atoms with van der Waals surface area (Å²) in [6.45, 7) is 0. The number of carbonyl (C=O) groups is 2. The lowest BCUT2D eigenvalue weighted by atomic mass is 9.98. The van der Waals surface area contributed by atoms with Crippen LogP contribution in [0.4, 0.5) is 4.39 Å². The number of ketones is 1. The Kier molecular flexibility index (Phi) is 3.53. The van der Waals surface area contributed by atoms with Gasteiger partial charge in [0.05, 0.1) is 5.56 Å². The van der Waals surface area contributed by atoms with E-state index in [9.17, 15) is 14.0 Å². The first kappa shape index (κ1) is 12.5. The molecule has 0 radical (unpaired) electrons. The van der Waals surface area contributed by atoms with Crippen molar-refractivity contribution in [2.75, 3.05) is 0 Å². The van der Waals surface area contributed by atoms with E-state index >= 15 is 0 Å². The molecular formula is C14H8ClFO2. The third-order valence-electron chi connectivity index (χ3n) is 2.50. The molecule has 0 aromatic heterocycles. The highest BCUT2D eigenvalue weighted by Gasteiger charge is 2.18. The van der Waals surface area contributed by atoms with Crippen LogP contribution in [-0.2, 0) is 0 Å². The van der Waals surface area contributed by atoms with Crippen LogP contribution in [-0.4, -0.2) is 11.0 Å². The standard InChI is InChI=1S/C14H8ClFO2/c15-14(18)10-6-2-1-5-9(10)13(17)11-7-3-4-8-12(11)16/h1-8H. The van der Waals surface area contributed by atoms with E-state index in [1.54, 1.807) is 18.2 Å². The Morgan fingerprint density at radius 3 is 1.89 bits per heavy atom. The molecule has 0 bridgehead atoms. The fourth-order valence-electron chi connectivity index (χ4n) is 1.64. The summed E-state index contributed by atoms with van der Waals surface area (Å²) >= 11 is 5.39. The van der Waals surface area contributed by atoms with Gasteiger partial charge in [0.2, 0.25) is 0 Å². The van der Waals surface area contributed by atoms with E-state index in [2.05, 4.69) is 0 Å². The molecular weight excluding hydrogens is 255 g/mol. The van der Waals surface area contributed by atoms with E-state index in [-0.39, 0.29) is 16.7 Å². The monoisotopic (exact) mass is 262 g/mol. The molecule has 2 rings (SSSR count). The quantitative estimate of drug-likeness (QED) is 0.627. The summed E-state index contributed by atoms with van der Waals surface area (Å²) in [5.74, 6) is -1.18. The molecule has 0 heterocycles. The molecule has 0 atom stereocenters. The van der Waals surface area contributed by atoms with Crippen LogP contribution in [0.15, 0.2) is 48.5 Å². The van der Waals surface area contributed by atoms with Crippen LogP contribution in [0.1, 0.15) is 26.3 Å². The Hall–Kier alpha value is -2.00. The molecule has 0 amide bonds. The average Bonchev–Trinajstić information content (AvgIpc) is 2.38. The average molecular weight is 263 g/mol. The van der Waals surface area contributed by atoms with Gasteiger partial charge in [-0.2, -0.15) is 0 Å². The van der Waals surface area contributed by atoms with Gasteiger partial charge in [-0.25, -0.2) is 4.39 Å². The lowest BCUT2D eigenvalue weighted by molar-refractivity contribution is 0.102. The van der Waals surface area contributed by atoms with Crippen molar-refractivity contribution in [2.45, 2.75) is 0 Å². The zero-order valence-electron chi connectivity index (χ0n) is 9.19. The molecule has 0 aliphatic heterocycles. The molecule has 2 aromatic carbocycles. The summed E-state index contributed by atoms with van der Waals surface area (Å²) in [4.78, 5) is 23.3. The summed E-state index contributed by atoms with van der Waals surface area (Å²) in [6.07, 6.45) is 0. The van der Waals surface area contributed by atoms with E-state index in [0.717, 1.165) is 0 Å². The summed E-state index contributed by atoms with van der Waals surface area (Å²) < 4.78 is 13.5. The number of rotatable bonds is 3. The van der Waals surface area contributed by atoms with Crippen LogP contribution in [0.3, 0.4) is 0 Å². The number of hydrogen-bond acceptors (Lipinski definition) is 2. The first-order valence-corrected chi connectivity index (χ1v) is 5.57. The van der Waals surface area contributed by atoms with Crippen molar-refractivity contribution in [1.82, 2.24) is 0 Å². The van der Waals surface area contributed by atoms with Gasteiger partial charge in [0, 0.05) is 11.1 Å². The lowest BCUT2D eigenvalue weighted by Crippen LogP contribution is -2.08. The van der Waals surface area contributed by atoms with Crippen LogP contribution in [0.25, 0.3) is 0 Å². The topological polar surface area (TPSA) is 34.1 Å². The number of hydrogen-bond donors (Lipinski definition) is 0. The van der Waals surface area contributed by atoms with Gasteiger partial charge in [-0.05, 0) is 29.8 Å². The van der Waals surface area contributed by atoms with Crippen molar-refractivity contribution in [2.24, 2.45) is 0 Å². The predicted molar refractivity (Wildman–Crippen MR) is 66.5 cm³/mol. The Labute approximate surface area is 108 Å². The molecule has 0 N–H and O–H groups in total. The van der Waals surface area contributed by atoms with Gasteiger partial charge < -0.3 is 0 Å². The van der Waals surface area contributed by atoms with E-state index in [0.29, 0.717) is 0 Å². The SMILES string of the molecule is O=C(Cl)c1ccccc1C(=O)c1ccccc1F. The summed E-state index contributed by atoms with van der Waals surface area (Å²) in [7, 11) is 0. The van der Waals surface area contributed by atoms with Crippen LogP contribution >= 0.6 is 11.6 Å². The van der Waals surface area contributed by atoms with Gasteiger partial charge in [0.25, 0.3) is 5.24 Å². The zero-order valence-corrected chi connectivity index (χ0v) is 9.95. The maximum atomic E-state index is 13.5. The fourth-order valence-corrected chi connectivity index (χ4v) is 1.81. The van der Waals surface area contributed by atoms with Gasteiger partial charge in [-0.1, -0.05) is 30.3 Å². The number of halogens is 2. The normalized spacial score (nSPS) is 10.1. The molecule has 0 spiro atoms. The van der Waals surface area contributed by atoms with Gasteiger partial charge >= 0.3 is 0 Å². The van der Waals surface area contributed by atoms with Crippen LogP contribution < -0.4 is 0 Å². The minimum atomic E-state index is -0.740. The molecule has 2 aromatic rings. The molecule has 2 nitrogen and oxygen atoms in total. The van der Waals surface area contributed by atoms with E-state index < -0.39 is 16.8 Å². The summed E-state index contributed by atoms with van der Waals surface area (Å²) in [6, 6.07) is 11.7. The van der Waals surface area contributed by atoms with Crippen molar-refractivity contribution in [3.63, 3.8) is 0 Å². The molecule has 90 valence electrons. The smallest absolute Gasteiger partial charge is 0.253 e. The Morgan fingerprint density at radius 1 is 0.833 bits per heavy atom. The van der Waals surface area contributed by atoms with Gasteiger partial charge in [0.1, 0.15) is 5.82 Å². The molecule has 0 aliphatic carbocycles. The maximum absolute atomic E-state index is 13.5. The van der Waals surface area contributed by atoms with Crippen LogP contribution in [0.5, 0.6) is 0 Å². The van der Waals surface area contributed by atoms with Gasteiger partial charge in [-0.15, -0.1) is 0 Å². The highest BCUT2D eigenvalue weighted by atomic mass is 35.5. The van der Waals surface area contributed by atoms with Crippen LogP contribution in [0, 0.1) is 5.82 Å². The Morgan fingerprint density at radius 2 is 1.33 bits per heavy atom. The molecule has 18 heavy (non-hydrogen) atoms. The van der Waals surface area contributed by atoms with E-state index in [4.69, 9.17) is 11.6 Å². The first-order chi connectivity index (χ1) is 8.61. The van der Waals surface area contributed by atoms with Crippen LogP contribution in [0.2, 0.25) is 0 Å². The third-order valence-corrected chi connectivity index (χ3v) is 2.71. The summed E-state index contributed by atoms with van der Waals surface area (Å²) in [5, 5.41) is -0.740. The minimum absolute atomic E-state index is 0.0763. The zero-order chi connectivity index (χ0) is 13.1. The maximum Gasteiger partial charge on any atom is 0.253 e. The minimum Gasteiger partial charge on any atom is -0.288 e. The van der Waals surface area contributed by atoms with Crippen molar-refractivity contribution in [3.05, 3.63) is 71.0 Å². The third kappa shape index (κ3) is 2.31. The predicted octanol–water partition coefficient (Wildman–Crippen LogP) is 3.44. The molecule has 0 saturated heterocycles. The fraction of sp³-hybridized carbons (Fsp3) is 0. The highest BCUT2D eigenvalue weighted by molar-refractivity contribution is 6.68. The largest absolute Gasteiger partial charge is 0.288 e.